The molecule has 0 saturated carbocycles. The van der Waals surface area contributed by atoms with Crippen molar-refractivity contribution < 1.29 is 28.2 Å². The predicted octanol–water partition coefficient (Wildman–Crippen LogP) is 5.60. The second-order valence-corrected chi connectivity index (χ2v) is 8.70. The van der Waals surface area contributed by atoms with Crippen molar-refractivity contribution in [3.05, 3.63) is 65.1 Å². The van der Waals surface area contributed by atoms with Crippen LogP contribution in [0.2, 0.25) is 0 Å². The first-order valence-electron chi connectivity index (χ1n) is 11.0. The second kappa shape index (κ2) is 10.1. The van der Waals surface area contributed by atoms with Crippen LogP contribution in [-0.4, -0.2) is 36.2 Å². The molecule has 1 atom stereocenters. The van der Waals surface area contributed by atoms with Crippen molar-refractivity contribution in [2.24, 2.45) is 0 Å². The van der Waals surface area contributed by atoms with Gasteiger partial charge in [0.05, 0.1) is 25.3 Å². The standard InChI is InChI=1S/C26H29FN2O5/c1-7-33-24-19-10-8-9-18(17(19)13-14-28-24)22(30)20-12-11-16(21(27)23(20)32-6)15(2)29-25(31)34-26(3,4)5/h8-15H,7H2,1-6H3,(H,29,31). The van der Waals surface area contributed by atoms with Crippen molar-refractivity contribution in [2.45, 2.75) is 46.3 Å². The lowest BCUT2D eigenvalue weighted by molar-refractivity contribution is 0.0507. The van der Waals surface area contributed by atoms with Crippen molar-refractivity contribution in [1.82, 2.24) is 10.3 Å². The molecule has 0 bridgehead atoms. The number of hydrogen-bond acceptors (Lipinski definition) is 6. The minimum atomic E-state index is -0.728. The second-order valence-electron chi connectivity index (χ2n) is 8.70. The number of ketones is 1. The Morgan fingerprint density at radius 2 is 1.82 bits per heavy atom. The average Bonchev–Trinajstić information content (AvgIpc) is 2.77. The van der Waals surface area contributed by atoms with Gasteiger partial charge in [0.25, 0.3) is 0 Å². The van der Waals surface area contributed by atoms with Crippen LogP contribution >= 0.6 is 0 Å². The number of benzene rings is 2. The average molecular weight is 469 g/mol. The quantitative estimate of drug-likeness (QED) is 0.455. The van der Waals surface area contributed by atoms with E-state index in [0.717, 1.165) is 0 Å². The molecule has 1 N–H and O–H groups in total. The van der Waals surface area contributed by atoms with Gasteiger partial charge >= 0.3 is 6.09 Å². The largest absolute Gasteiger partial charge is 0.493 e. The molecule has 0 aliphatic carbocycles. The molecule has 1 heterocycles. The fourth-order valence-electron chi connectivity index (χ4n) is 3.62. The van der Waals surface area contributed by atoms with E-state index in [4.69, 9.17) is 14.2 Å². The number of rotatable bonds is 7. The summed E-state index contributed by atoms with van der Waals surface area (Å²) < 4.78 is 31.5. The number of nitrogens with one attached hydrogen (secondary N) is 1. The predicted molar refractivity (Wildman–Crippen MR) is 127 cm³/mol. The van der Waals surface area contributed by atoms with Gasteiger partial charge in [-0.1, -0.05) is 18.2 Å². The Morgan fingerprint density at radius 1 is 1.09 bits per heavy atom. The molecular weight excluding hydrogens is 439 g/mol. The number of nitrogens with zero attached hydrogens (tertiary/aromatic N) is 1. The smallest absolute Gasteiger partial charge is 0.408 e. The molecule has 3 rings (SSSR count). The topological polar surface area (TPSA) is 86.8 Å². The maximum absolute atomic E-state index is 15.4. The van der Waals surface area contributed by atoms with Crippen LogP contribution in [0.25, 0.3) is 10.8 Å². The van der Waals surface area contributed by atoms with Gasteiger partial charge in [-0.3, -0.25) is 4.79 Å². The normalized spacial score (nSPS) is 12.2. The summed E-state index contributed by atoms with van der Waals surface area (Å²) in [5, 5.41) is 3.92. The summed E-state index contributed by atoms with van der Waals surface area (Å²) in [5.41, 5.74) is -0.0893. The zero-order chi connectivity index (χ0) is 25.0. The number of hydrogen-bond donors (Lipinski definition) is 1. The lowest BCUT2D eigenvalue weighted by atomic mass is 9.95. The number of ether oxygens (including phenoxy) is 3. The minimum absolute atomic E-state index is 0.0653. The Kier molecular flexibility index (Phi) is 7.39. The molecule has 7 nitrogen and oxygen atoms in total. The Balaban J connectivity index is 1.99. The molecule has 3 aromatic rings. The van der Waals surface area contributed by atoms with E-state index in [1.54, 1.807) is 52.1 Å². The van der Waals surface area contributed by atoms with Gasteiger partial charge in [0, 0.05) is 22.7 Å². The number of halogens is 1. The van der Waals surface area contributed by atoms with Gasteiger partial charge < -0.3 is 19.5 Å². The molecule has 1 unspecified atom stereocenters. The summed E-state index contributed by atoms with van der Waals surface area (Å²) in [6, 6.07) is 9.17. The van der Waals surface area contributed by atoms with Crippen LogP contribution in [0.1, 0.15) is 62.1 Å². The third kappa shape index (κ3) is 5.27. The number of carbonyl (C=O) groups is 2. The molecule has 0 spiro atoms. The SMILES string of the molecule is CCOc1nccc2c(C(=O)c3ccc(C(C)NC(=O)OC(C)(C)C)c(F)c3OC)cccc12. The van der Waals surface area contributed by atoms with Gasteiger partial charge in [0.2, 0.25) is 5.88 Å². The highest BCUT2D eigenvalue weighted by atomic mass is 19.1. The fraction of sp³-hybridized carbons (Fsp3) is 0.346. The van der Waals surface area contributed by atoms with E-state index in [1.165, 1.54) is 19.2 Å². The third-order valence-electron chi connectivity index (χ3n) is 5.07. The van der Waals surface area contributed by atoms with Gasteiger partial charge in [-0.05, 0) is 58.2 Å². The van der Waals surface area contributed by atoms with E-state index in [-0.39, 0.29) is 16.9 Å². The number of carbonyl (C=O) groups excluding carboxylic acids is 2. The maximum atomic E-state index is 15.4. The van der Waals surface area contributed by atoms with Crippen LogP contribution in [-0.2, 0) is 4.74 Å². The van der Waals surface area contributed by atoms with E-state index in [0.29, 0.717) is 28.8 Å². The van der Waals surface area contributed by atoms with Gasteiger partial charge in [0.1, 0.15) is 5.60 Å². The molecular formula is C26H29FN2O5. The maximum Gasteiger partial charge on any atom is 0.408 e. The van der Waals surface area contributed by atoms with Crippen LogP contribution in [0.4, 0.5) is 9.18 Å². The molecule has 180 valence electrons. The summed E-state index contributed by atoms with van der Waals surface area (Å²) >= 11 is 0. The first-order chi connectivity index (χ1) is 16.1. The number of amides is 1. The van der Waals surface area contributed by atoms with Gasteiger partial charge in [-0.2, -0.15) is 0 Å². The summed E-state index contributed by atoms with van der Waals surface area (Å²) in [5.74, 6) is -0.912. The zero-order valence-electron chi connectivity index (χ0n) is 20.2. The van der Waals surface area contributed by atoms with Crippen LogP contribution < -0.4 is 14.8 Å². The highest BCUT2D eigenvalue weighted by Gasteiger charge is 2.26. The molecule has 0 aliphatic heterocycles. The van der Waals surface area contributed by atoms with E-state index in [2.05, 4.69) is 10.3 Å². The molecule has 0 saturated heterocycles. The van der Waals surface area contributed by atoms with Crippen LogP contribution in [0.5, 0.6) is 11.6 Å². The number of pyridine rings is 1. The molecule has 2 aromatic carbocycles. The Hall–Kier alpha value is -3.68. The van der Waals surface area contributed by atoms with Crippen molar-refractivity contribution in [2.75, 3.05) is 13.7 Å². The molecule has 0 aliphatic rings. The molecule has 1 aromatic heterocycles. The summed E-state index contributed by atoms with van der Waals surface area (Å²) in [6.07, 6.45) is 0.891. The van der Waals surface area contributed by atoms with Gasteiger partial charge in [-0.25, -0.2) is 14.2 Å². The van der Waals surface area contributed by atoms with Crippen LogP contribution in [0, 0.1) is 5.82 Å². The van der Waals surface area contributed by atoms with Crippen molar-refractivity contribution >= 4 is 22.6 Å². The summed E-state index contributed by atoms with van der Waals surface area (Å²) in [6.45, 7) is 9.12. The molecule has 0 fully saturated rings. The molecule has 8 heteroatoms. The Morgan fingerprint density at radius 3 is 2.47 bits per heavy atom. The first kappa shape index (κ1) is 25.0. The Labute approximate surface area is 198 Å². The Bertz CT molecular complexity index is 1220. The molecule has 0 radical (unpaired) electrons. The highest BCUT2D eigenvalue weighted by molar-refractivity contribution is 6.18. The third-order valence-corrected chi connectivity index (χ3v) is 5.07. The molecule has 34 heavy (non-hydrogen) atoms. The number of fused-ring (bicyclic) bond motifs is 1. The van der Waals surface area contributed by atoms with Crippen molar-refractivity contribution in [1.29, 1.82) is 0 Å². The van der Waals surface area contributed by atoms with Gasteiger partial charge in [-0.15, -0.1) is 0 Å². The lowest BCUT2D eigenvalue weighted by Crippen LogP contribution is -2.34. The first-order valence-corrected chi connectivity index (χ1v) is 11.0. The zero-order valence-corrected chi connectivity index (χ0v) is 20.2. The van der Waals surface area contributed by atoms with Crippen LogP contribution in [0.15, 0.2) is 42.6 Å². The monoisotopic (exact) mass is 468 g/mol. The van der Waals surface area contributed by atoms with E-state index in [1.807, 2.05) is 13.0 Å². The van der Waals surface area contributed by atoms with Gasteiger partial charge in [0.15, 0.2) is 17.3 Å². The summed E-state index contributed by atoms with van der Waals surface area (Å²) in [4.78, 5) is 29.8. The number of aromatic nitrogens is 1. The van der Waals surface area contributed by atoms with Crippen molar-refractivity contribution in [3.8, 4) is 11.6 Å². The van der Waals surface area contributed by atoms with E-state index >= 15 is 4.39 Å². The van der Waals surface area contributed by atoms with E-state index in [9.17, 15) is 9.59 Å². The fourth-order valence-corrected chi connectivity index (χ4v) is 3.62. The minimum Gasteiger partial charge on any atom is -0.493 e. The van der Waals surface area contributed by atoms with Crippen LogP contribution in [0.3, 0.4) is 0 Å². The molecule has 1 amide bonds. The number of alkyl carbamates (subject to hydrolysis) is 1. The van der Waals surface area contributed by atoms with Crippen molar-refractivity contribution in [3.63, 3.8) is 0 Å². The summed E-state index contributed by atoms with van der Waals surface area (Å²) in [7, 11) is 1.30. The van der Waals surface area contributed by atoms with E-state index < -0.39 is 29.3 Å². The lowest BCUT2D eigenvalue weighted by Gasteiger charge is -2.23. The number of methoxy groups -OCH3 is 1. The highest BCUT2D eigenvalue weighted by Crippen LogP contribution is 2.33.